The number of rotatable bonds is 3. The summed E-state index contributed by atoms with van der Waals surface area (Å²) in [6.45, 7) is 4.88. The van der Waals surface area contributed by atoms with E-state index in [1.165, 1.54) is 64.2 Å². The molecule has 3 aliphatic rings. The maximum absolute atomic E-state index is 6.04. The van der Waals surface area contributed by atoms with Gasteiger partial charge < -0.3 is 0 Å². The molecule has 0 saturated heterocycles. The first-order valence-corrected chi connectivity index (χ1v) is 9.63. The number of fused-ring (bicyclic) bond motifs is 1. The summed E-state index contributed by atoms with van der Waals surface area (Å²) >= 11 is 0. The average molecular weight is 293 g/mol. The number of hydrazine groups is 1. The van der Waals surface area contributed by atoms with Crippen LogP contribution in [-0.4, -0.2) is 6.04 Å². The van der Waals surface area contributed by atoms with Crippen LogP contribution < -0.4 is 11.3 Å². The van der Waals surface area contributed by atoms with Gasteiger partial charge in [-0.05, 0) is 74.0 Å². The topological polar surface area (TPSA) is 38.0 Å². The second kappa shape index (κ2) is 7.00. The summed E-state index contributed by atoms with van der Waals surface area (Å²) in [6.07, 6.45) is 14.5. The molecule has 0 aromatic heterocycles. The minimum absolute atomic E-state index is 0.582. The van der Waals surface area contributed by atoms with E-state index in [1.54, 1.807) is 0 Å². The van der Waals surface area contributed by atoms with E-state index in [9.17, 15) is 0 Å². The molecule has 0 aliphatic heterocycles. The smallest absolute Gasteiger partial charge is 0.0267 e. The van der Waals surface area contributed by atoms with Crippen molar-refractivity contribution in [2.24, 2.45) is 41.4 Å². The third kappa shape index (κ3) is 3.64. The zero-order valence-corrected chi connectivity index (χ0v) is 14.2. The normalized spacial score (nSPS) is 45.9. The zero-order chi connectivity index (χ0) is 14.8. The van der Waals surface area contributed by atoms with Gasteiger partial charge in [-0.15, -0.1) is 0 Å². The van der Waals surface area contributed by atoms with Crippen LogP contribution in [0, 0.1) is 35.5 Å². The highest BCUT2D eigenvalue weighted by atomic mass is 15.2. The minimum atomic E-state index is 0.582. The fourth-order valence-corrected chi connectivity index (χ4v) is 6.20. The molecule has 21 heavy (non-hydrogen) atoms. The average Bonchev–Trinajstić information content (AvgIpc) is 2.47. The van der Waals surface area contributed by atoms with Crippen LogP contribution in [0.3, 0.4) is 0 Å². The number of hydrogen-bond donors (Lipinski definition) is 2. The van der Waals surface area contributed by atoms with Crippen LogP contribution >= 0.6 is 0 Å². The largest absolute Gasteiger partial charge is 0.271 e. The van der Waals surface area contributed by atoms with Gasteiger partial charge in [0, 0.05) is 6.04 Å². The first-order valence-electron chi connectivity index (χ1n) is 9.63. The molecule has 3 fully saturated rings. The lowest BCUT2D eigenvalue weighted by Crippen LogP contribution is -2.50. The Morgan fingerprint density at radius 3 is 2.10 bits per heavy atom. The van der Waals surface area contributed by atoms with Gasteiger partial charge in [-0.1, -0.05) is 39.5 Å². The van der Waals surface area contributed by atoms with Crippen LogP contribution in [0.1, 0.15) is 78.1 Å². The SMILES string of the molecule is CC1CC(C)CC(C(NN)C2CCC3CCCCC3C2)C1. The Labute approximate surface area is 131 Å². The second-order valence-corrected chi connectivity index (χ2v) is 8.75. The van der Waals surface area contributed by atoms with E-state index >= 15 is 0 Å². The molecule has 0 bridgehead atoms. The fourth-order valence-electron chi connectivity index (χ4n) is 6.20. The van der Waals surface area contributed by atoms with Crippen molar-refractivity contribution >= 4 is 0 Å². The Kier molecular flexibility index (Phi) is 5.27. The van der Waals surface area contributed by atoms with Crippen LogP contribution in [0.25, 0.3) is 0 Å². The summed E-state index contributed by atoms with van der Waals surface area (Å²) in [5, 5.41) is 0. The lowest BCUT2D eigenvalue weighted by atomic mass is 9.63. The van der Waals surface area contributed by atoms with Crippen LogP contribution in [0.4, 0.5) is 0 Å². The second-order valence-electron chi connectivity index (χ2n) is 8.75. The molecular formula is C19H36N2. The van der Waals surface area contributed by atoms with E-state index in [2.05, 4.69) is 19.3 Å². The Morgan fingerprint density at radius 2 is 1.43 bits per heavy atom. The maximum Gasteiger partial charge on any atom is 0.0267 e. The molecule has 2 nitrogen and oxygen atoms in total. The van der Waals surface area contributed by atoms with Gasteiger partial charge in [0.05, 0.1) is 0 Å². The van der Waals surface area contributed by atoms with Crippen molar-refractivity contribution < 1.29 is 0 Å². The summed E-state index contributed by atoms with van der Waals surface area (Å²) in [6, 6.07) is 0.582. The Balaban J connectivity index is 1.63. The third-order valence-corrected chi connectivity index (χ3v) is 7.00. The van der Waals surface area contributed by atoms with Crippen molar-refractivity contribution in [2.75, 3.05) is 0 Å². The number of hydrogen-bond acceptors (Lipinski definition) is 2. The highest BCUT2D eigenvalue weighted by Crippen LogP contribution is 2.46. The van der Waals surface area contributed by atoms with E-state index in [1.807, 2.05) is 0 Å². The molecule has 3 rings (SSSR count). The molecule has 0 spiro atoms. The van der Waals surface area contributed by atoms with E-state index < -0.39 is 0 Å². The highest BCUT2D eigenvalue weighted by molar-refractivity contribution is 4.92. The molecule has 2 heteroatoms. The Bertz CT molecular complexity index is 320. The Hall–Kier alpha value is -0.0800. The predicted molar refractivity (Wildman–Crippen MR) is 89.6 cm³/mol. The standard InChI is InChI=1S/C19H36N2/c1-13-9-14(2)11-18(10-13)19(21-20)17-8-7-15-5-3-4-6-16(15)12-17/h13-19,21H,3-12,20H2,1-2H3. The predicted octanol–water partition coefficient (Wildman–Crippen LogP) is 4.50. The van der Waals surface area contributed by atoms with Crippen molar-refractivity contribution in [1.29, 1.82) is 0 Å². The lowest BCUT2D eigenvalue weighted by Gasteiger charge is -2.45. The maximum atomic E-state index is 6.04. The first-order chi connectivity index (χ1) is 10.2. The molecule has 3 saturated carbocycles. The molecule has 122 valence electrons. The summed E-state index contributed by atoms with van der Waals surface area (Å²) in [5.74, 6) is 11.6. The quantitative estimate of drug-likeness (QED) is 0.594. The van der Waals surface area contributed by atoms with Crippen molar-refractivity contribution in [1.82, 2.24) is 5.43 Å². The van der Waals surface area contributed by atoms with E-state index in [4.69, 9.17) is 5.84 Å². The van der Waals surface area contributed by atoms with Crippen LogP contribution in [0.15, 0.2) is 0 Å². The molecule has 0 aromatic rings. The molecule has 3 N–H and O–H groups in total. The summed E-state index contributed by atoms with van der Waals surface area (Å²) in [7, 11) is 0. The van der Waals surface area contributed by atoms with Gasteiger partial charge in [-0.2, -0.15) is 0 Å². The van der Waals surface area contributed by atoms with Crippen molar-refractivity contribution in [2.45, 2.75) is 84.1 Å². The lowest BCUT2D eigenvalue weighted by molar-refractivity contribution is 0.0709. The van der Waals surface area contributed by atoms with Crippen molar-refractivity contribution in [3.63, 3.8) is 0 Å². The zero-order valence-electron chi connectivity index (χ0n) is 14.2. The number of nitrogens with one attached hydrogen (secondary N) is 1. The minimum Gasteiger partial charge on any atom is -0.271 e. The molecular weight excluding hydrogens is 256 g/mol. The summed E-state index contributed by atoms with van der Waals surface area (Å²) in [5.41, 5.74) is 3.28. The molecule has 0 amide bonds. The molecule has 6 atom stereocenters. The van der Waals surface area contributed by atoms with E-state index in [0.717, 1.165) is 35.5 Å². The van der Waals surface area contributed by atoms with Crippen LogP contribution in [0.2, 0.25) is 0 Å². The molecule has 3 aliphatic carbocycles. The summed E-state index contributed by atoms with van der Waals surface area (Å²) in [4.78, 5) is 0. The fraction of sp³-hybridized carbons (Fsp3) is 1.00. The first kappa shape index (κ1) is 15.8. The van der Waals surface area contributed by atoms with Crippen LogP contribution in [-0.2, 0) is 0 Å². The third-order valence-electron chi connectivity index (χ3n) is 7.00. The van der Waals surface area contributed by atoms with Crippen LogP contribution in [0.5, 0.6) is 0 Å². The van der Waals surface area contributed by atoms with E-state index in [0.29, 0.717) is 6.04 Å². The van der Waals surface area contributed by atoms with Gasteiger partial charge in [0.15, 0.2) is 0 Å². The van der Waals surface area contributed by atoms with Gasteiger partial charge in [0.2, 0.25) is 0 Å². The van der Waals surface area contributed by atoms with Gasteiger partial charge >= 0.3 is 0 Å². The Morgan fingerprint density at radius 1 is 0.762 bits per heavy atom. The van der Waals surface area contributed by atoms with Crippen molar-refractivity contribution in [3.8, 4) is 0 Å². The molecule has 0 heterocycles. The summed E-state index contributed by atoms with van der Waals surface area (Å²) < 4.78 is 0. The van der Waals surface area contributed by atoms with Gasteiger partial charge in [0.25, 0.3) is 0 Å². The monoisotopic (exact) mass is 292 g/mol. The molecule has 0 aromatic carbocycles. The highest BCUT2D eigenvalue weighted by Gasteiger charge is 2.39. The molecule has 0 radical (unpaired) electrons. The molecule has 6 unspecified atom stereocenters. The van der Waals surface area contributed by atoms with Gasteiger partial charge in [-0.25, -0.2) is 0 Å². The van der Waals surface area contributed by atoms with E-state index in [-0.39, 0.29) is 0 Å². The van der Waals surface area contributed by atoms with Crippen molar-refractivity contribution in [3.05, 3.63) is 0 Å². The number of nitrogens with two attached hydrogens (primary N) is 1. The van der Waals surface area contributed by atoms with Gasteiger partial charge in [0.1, 0.15) is 0 Å². The van der Waals surface area contributed by atoms with Gasteiger partial charge in [-0.3, -0.25) is 11.3 Å².